The van der Waals surface area contributed by atoms with Crippen molar-refractivity contribution in [1.29, 1.82) is 0 Å². The largest absolute Gasteiger partial charge is 0.449 e. The van der Waals surface area contributed by atoms with Crippen molar-refractivity contribution in [3.8, 4) is 0 Å². The molecule has 5 nitrogen and oxygen atoms in total. The van der Waals surface area contributed by atoms with E-state index in [0.717, 1.165) is 17.2 Å². The predicted octanol–water partition coefficient (Wildman–Crippen LogP) is 6.84. The Bertz CT molecular complexity index is 1110. The number of carbonyl (C=O) groups excluding carboxylic acids is 2. The van der Waals surface area contributed by atoms with E-state index in [9.17, 15) is 31.5 Å². The van der Waals surface area contributed by atoms with Crippen LogP contribution in [0.1, 0.15) is 59.8 Å². The Hall–Kier alpha value is -3.17. The van der Waals surface area contributed by atoms with Gasteiger partial charge in [-0.25, -0.2) is 13.6 Å². The number of hydrogen-bond donors (Lipinski definition) is 0. The number of fused-ring (bicyclic) bond motifs is 1. The van der Waals surface area contributed by atoms with Crippen molar-refractivity contribution in [2.75, 3.05) is 23.0 Å². The lowest BCUT2D eigenvalue weighted by Crippen LogP contribution is -2.53. The van der Waals surface area contributed by atoms with Gasteiger partial charge in [-0.05, 0) is 68.7 Å². The molecule has 0 saturated carbocycles. The summed E-state index contributed by atoms with van der Waals surface area (Å²) in [5.41, 5.74) is -0.492. The minimum atomic E-state index is -4.92. The van der Waals surface area contributed by atoms with Crippen molar-refractivity contribution >= 4 is 23.4 Å². The topological polar surface area (TPSA) is 49.9 Å². The second-order valence-corrected chi connectivity index (χ2v) is 8.66. The summed E-state index contributed by atoms with van der Waals surface area (Å²) < 4.78 is 73.7. The molecule has 1 unspecified atom stereocenters. The Morgan fingerprint density at radius 3 is 2.03 bits per heavy atom. The number of halogens is 5. The van der Waals surface area contributed by atoms with Gasteiger partial charge >= 0.3 is 12.3 Å². The molecule has 2 aromatic carbocycles. The molecule has 0 fully saturated rings. The van der Waals surface area contributed by atoms with E-state index in [-0.39, 0.29) is 18.8 Å². The van der Waals surface area contributed by atoms with Crippen molar-refractivity contribution in [3.05, 3.63) is 58.1 Å². The molecule has 2 amide bonds. The highest BCUT2D eigenvalue weighted by atomic mass is 19.4. The fourth-order valence-corrected chi connectivity index (χ4v) is 4.05. The van der Waals surface area contributed by atoms with E-state index in [0.29, 0.717) is 31.2 Å². The molecule has 1 heterocycles. The molecule has 1 aliphatic rings. The molecule has 0 bridgehead atoms. The van der Waals surface area contributed by atoms with Gasteiger partial charge in [0.1, 0.15) is 0 Å². The smallest absolute Gasteiger partial charge is 0.416 e. The van der Waals surface area contributed by atoms with Gasteiger partial charge in [-0.3, -0.25) is 9.69 Å². The first-order valence-corrected chi connectivity index (χ1v) is 11.2. The van der Waals surface area contributed by atoms with Crippen molar-refractivity contribution in [1.82, 2.24) is 0 Å². The molecule has 10 heteroatoms. The van der Waals surface area contributed by atoms with Gasteiger partial charge in [0, 0.05) is 24.6 Å². The maximum Gasteiger partial charge on any atom is 0.416 e. The SMILES string of the molecule is CCOC(=O)N1c2cc(C)c(C)cc2N(C(=O)c2cc(C(C)(F)F)cc(C(F)(F)F)c2)CC1CC. The maximum atomic E-state index is 14.0. The molecule has 0 spiro atoms. The number of amides is 2. The lowest BCUT2D eigenvalue weighted by molar-refractivity contribution is -0.137. The fraction of sp³-hybridized carbons (Fsp3) is 0.440. The minimum absolute atomic E-state index is 0.0439. The molecule has 190 valence electrons. The number of anilines is 2. The van der Waals surface area contributed by atoms with Crippen LogP contribution >= 0.6 is 0 Å². The Morgan fingerprint density at radius 2 is 1.51 bits per heavy atom. The zero-order chi connectivity index (χ0) is 26.3. The molecular weight excluding hydrogens is 471 g/mol. The first-order chi connectivity index (χ1) is 16.2. The van der Waals surface area contributed by atoms with Crippen LogP contribution in [-0.2, 0) is 16.8 Å². The average Bonchev–Trinajstić information content (AvgIpc) is 2.77. The number of rotatable bonds is 4. The van der Waals surface area contributed by atoms with Crippen molar-refractivity contribution < 1.29 is 36.3 Å². The van der Waals surface area contributed by atoms with E-state index < -0.39 is 46.8 Å². The summed E-state index contributed by atoms with van der Waals surface area (Å²) in [6.45, 7) is 7.64. The first-order valence-electron chi connectivity index (χ1n) is 11.2. The van der Waals surface area contributed by atoms with Gasteiger partial charge in [0.2, 0.25) is 0 Å². The third kappa shape index (κ3) is 5.26. The van der Waals surface area contributed by atoms with E-state index in [2.05, 4.69) is 0 Å². The second kappa shape index (κ2) is 9.47. The second-order valence-electron chi connectivity index (χ2n) is 8.66. The number of ether oxygens (including phenoxy) is 1. The monoisotopic (exact) mass is 498 g/mol. The third-order valence-corrected chi connectivity index (χ3v) is 6.09. The zero-order valence-electron chi connectivity index (χ0n) is 20.1. The van der Waals surface area contributed by atoms with Crippen LogP contribution < -0.4 is 9.80 Å². The van der Waals surface area contributed by atoms with Gasteiger partial charge in [-0.15, -0.1) is 0 Å². The summed E-state index contributed by atoms with van der Waals surface area (Å²) in [6, 6.07) is 4.55. The van der Waals surface area contributed by atoms with Gasteiger partial charge in [0.25, 0.3) is 11.8 Å². The number of aryl methyl sites for hydroxylation is 2. The maximum absolute atomic E-state index is 14.0. The van der Waals surface area contributed by atoms with Crippen LogP contribution in [0.5, 0.6) is 0 Å². The number of alkyl halides is 5. The van der Waals surface area contributed by atoms with E-state index in [1.165, 1.54) is 9.80 Å². The van der Waals surface area contributed by atoms with E-state index >= 15 is 0 Å². The lowest BCUT2D eigenvalue weighted by Gasteiger charge is -2.42. The molecule has 0 aromatic heterocycles. The first kappa shape index (κ1) is 26.4. The van der Waals surface area contributed by atoms with Crippen molar-refractivity contribution in [2.45, 2.75) is 59.2 Å². The standard InChI is InChI=1S/C25H27F5N2O3/c1-6-19-13-31(20-8-14(3)15(4)9-21(20)32(19)23(34)35-7-2)22(33)16-10-17(24(5,26)27)12-18(11-16)25(28,29)30/h8-12,19H,6-7,13H2,1-5H3. The summed E-state index contributed by atoms with van der Waals surface area (Å²) in [6.07, 6.45) is -5.12. The third-order valence-electron chi connectivity index (χ3n) is 6.09. The molecule has 0 saturated heterocycles. The number of benzene rings is 2. The Balaban J connectivity index is 2.19. The van der Waals surface area contributed by atoms with Crippen molar-refractivity contribution in [3.63, 3.8) is 0 Å². The normalized spacial score (nSPS) is 16.2. The van der Waals surface area contributed by atoms with Crippen LogP contribution in [0.4, 0.5) is 38.1 Å². The molecule has 1 atom stereocenters. The van der Waals surface area contributed by atoms with Gasteiger partial charge in [0.05, 0.1) is 29.6 Å². The molecule has 2 aromatic rings. The van der Waals surface area contributed by atoms with Gasteiger partial charge in [0.15, 0.2) is 0 Å². The highest BCUT2D eigenvalue weighted by Crippen LogP contribution is 2.41. The van der Waals surface area contributed by atoms with Crippen molar-refractivity contribution in [2.24, 2.45) is 0 Å². The molecule has 1 aliphatic heterocycles. The Kier molecular flexibility index (Phi) is 7.15. The Labute approximate surface area is 200 Å². The van der Waals surface area contributed by atoms with E-state index in [1.54, 1.807) is 32.9 Å². The fourth-order valence-electron chi connectivity index (χ4n) is 4.05. The molecule has 3 rings (SSSR count). The number of hydrogen-bond acceptors (Lipinski definition) is 3. The van der Waals surface area contributed by atoms with Crippen LogP contribution in [0.15, 0.2) is 30.3 Å². The predicted molar refractivity (Wildman–Crippen MR) is 122 cm³/mol. The highest BCUT2D eigenvalue weighted by molar-refractivity contribution is 6.10. The minimum Gasteiger partial charge on any atom is -0.449 e. The molecule has 0 radical (unpaired) electrons. The molecule has 0 aliphatic carbocycles. The number of carbonyl (C=O) groups is 2. The molecular formula is C25H27F5N2O3. The quantitative estimate of drug-likeness (QED) is 0.434. The summed E-state index contributed by atoms with van der Waals surface area (Å²) in [4.78, 5) is 29.0. The van der Waals surface area contributed by atoms with Crippen LogP contribution in [-0.4, -0.2) is 31.2 Å². The Morgan fingerprint density at radius 1 is 0.943 bits per heavy atom. The van der Waals surface area contributed by atoms with E-state index in [1.807, 2.05) is 6.92 Å². The summed E-state index contributed by atoms with van der Waals surface area (Å²) in [5, 5.41) is 0. The molecule has 35 heavy (non-hydrogen) atoms. The summed E-state index contributed by atoms with van der Waals surface area (Å²) in [5.74, 6) is -4.45. The van der Waals surface area contributed by atoms with Gasteiger partial charge in [-0.2, -0.15) is 13.2 Å². The number of nitrogens with zero attached hydrogens (tertiary/aromatic N) is 2. The molecule has 0 N–H and O–H groups in total. The average molecular weight is 498 g/mol. The van der Waals surface area contributed by atoms with Crippen LogP contribution in [0.25, 0.3) is 0 Å². The van der Waals surface area contributed by atoms with E-state index in [4.69, 9.17) is 4.74 Å². The lowest BCUT2D eigenvalue weighted by atomic mass is 9.97. The van der Waals surface area contributed by atoms with Gasteiger partial charge in [-0.1, -0.05) is 6.92 Å². The van der Waals surface area contributed by atoms with Gasteiger partial charge < -0.3 is 9.64 Å². The zero-order valence-corrected chi connectivity index (χ0v) is 20.1. The summed E-state index contributed by atoms with van der Waals surface area (Å²) in [7, 11) is 0. The summed E-state index contributed by atoms with van der Waals surface area (Å²) >= 11 is 0. The van der Waals surface area contributed by atoms with Crippen LogP contribution in [0.3, 0.4) is 0 Å². The van der Waals surface area contributed by atoms with Crippen LogP contribution in [0.2, 0.25) is 0 Å². The highest BCUT2D eigenvalue weighted by Gasteiger charge is 2.40. The van der Waals surface area contributed by atoms with Crippen LogP contribution in [0, 0.1) is 13.8 Å².